The third-order valence-electron chi connectivity index (χ3n) is 6.09. The smallest absolute Gasteiger partial charge is 0.180 e. The maximum Gasteiger partial charge on any atom is 0.180 e. The quantitative estimate of drug-likeness (QED) is 0.570. The molecule has 2 aliphatic carbocycles. The van der Waals surface area contributed by atoms with Crippen molar-refractivity contribution in [1.82, 2.24) is 14.6 Å². The molecule has 0 unspecified atom stereocenters. The molecule has 152 valence electrons. The van der Waals surface area contributed by atoms with E-state index >= 15 is 0 Å². The molecule has 0 radical (unpaired) electrons. The van der Waals surface area contributed by atoms with Gasteiger partial charge in [0.15, 0.2) is 5.65 Å². The van der Waals surface area contributed by atoms with Crippen LogP contribution < -0.4 is 5.32 Å². The van der Waals surface area contributed by atoms with E-state index in [1.54, 1.807) is 0 Å². The summed E-state index contributed by atoms with van der Waals surface area (Å²) >= 11 is 13.3. The molecule has 3 aromatic rings. The van der Waals surface area contributed by atoms with Crippen LogP contribution >= 0.6 is 23.2 Å². The lowest BCUT2D eigenvalue weighted by Crippen LogP contribution is -2.28. The van der Waals surface area contributed by atoms with Gasteiger partial charge in [0.1, 0.15) is 5.82 Å². The largest absolute Gasteiger partial charge is 0.393 e. The van der Waals surface area contributed by atoms with Gasteiger partial charge in [0.2, 0.25) is 0 Å². The number of aromatic nitrogens is 3. The highest BCUT2D eigenvalue weighted by Crippen LogP contribution is 2.37. The maximum absolute atomic E-state index is 9.68. The van der Waals surface area contributed by atoms with Crippen LogP contribution in [0.5, 0.6) is 0 Å². The van der Waals surface area contributed by atoms with Gasteiger partial charge in [-0.05, 0) is 68.2 Å². The van der Waals surface area contributed by atoms with E-state index in [4.69, 9.17) is 23.2 Å². The number of nitrogens with zero attached hydrogens (tertiary/aromatic N) is 3. The Balaban J connectivity index is 1.39. The van der Waals surface area contributed by atoms with Crippen LogP contribution in [-0.2, 0) is 6.42 Å². The number of aliphatic hydroxyl groups is 1. The van der Waals surface area contributed by atoms with Gasteiger partial charge in [-0.25, -0.2) is 0 Å². The van der Waals surface area contributed by atoms with Gasteiger partial charge in [-0.1, -0.05) is 29.3 Å². The molecule has 0 atom stereocenters. The van der Waals surface area contributed by atoms with Crippen LogP contribution in [-0.4, -0.2) is 31.9 Å². The van der Waals surface area contributed by atoms with Crippen molar-refractivity contribution in [1.29, 1.82) is 0 Å². The Morgan fingerprint density at radius 1 is 1.03 bits per heavy atom. The lowest BCUT2D eigenvalue weighted by Gasteiger charge is -2.27. The Morgan fingerprint density at radius 2 is 1.83 bits per heavy atom. The molecule has 29 heavy (non-hydrogen) atoms. The van der Waals surface area contributed by atoms with Gasteiger partial charge in [0.05, 0.1) is 21.8 Å². The molecule has 2 aromatic heterocycles. The molecule has 0 saturated heterocycles. The maximum atomic E-state index is 9.68. The van der Waals surface area contributed by atoms with Gasteiger partial charge < -0.3 is 10.4 Å². The Hall–Kier alpha value is -1.82. The predicted octanol–water partition coefficient (Wildman–Crippen LogP) is 5.37. The summed E-state index contributed by atoms with van der Waals surface area (Å²) in [6.45, 7) is 0. The van der Waals surface area contributed by atoms with Crippen molar-refractivity contribution in [3.8, 4) is 11.1 Å². The molecule has 0 aliphatic heterocycles. The van der Waals surface area contributed by atoms with Crippen molar-refractivity contribution >= 4 is 34.5 Å². The standard InChI is InChI=1S/C22H24Cl2N4O/c23-18-12-14(3-8-19(18)25-15-4-6-16(29)7-5-15)17-9-10-28-20(11-13-1-2-13)26-27-22(28)21(17)24/h3,8-10,12-13,15-16,25,29H,1-2,4-7,11H2/t15-,16+. The van der Waals surface area contributed by atoms with Crippen LogP contribution in [0.25, 0.3) is 16.8 Å². The van der Waals surface area contributed by atoms with E-state index in [2.05, 4.69) is 15.5 Å². The Morgan fingerprint density at radius 3 is 2.55 bits per heavy atom. The summed E-state index contributed by atoms with van der Waals surface area (Å²) in [4.78, 5) is 0. The second kappa shape index (κ2) is 7.78. The molecule has 2 heterocycles. The second-order valence-electron chi connectivity index (χ2n) is 8.35. The zero-order valence-electron chi connectivity index (χ0n) is 16.1. The molecule has 2 N–H and O–H groups in total. The summed E-state index contributed by atoms with van der Waals surface area (Å²) in [6.07, 6.45) is 8.94. The van der Waals surface area contributed by atoms with E-state index in [-0.39, 0.29) is 6.10 Å². The predicted molar refractivity (Wildman–Crippen MR) is 117 cm³/mol. The highest BCUT2D eigenvalue weighted by atomic mass is 35.5. The van der Waals surface area contributed by atoms with Crippen molar-refractivity contribution in [3.05, 3.63) is 46.3 Å². The van der Waals surface area contributed by atoms with Crippen molar-refractivity contribution in [2.45, 2.75) is 57.1 Å². The number of anilines is 1. The minimum atomic E-state index is -0.162. The van der Waals surface area contributed by atoms with Gasteiger partial charge in [-0.15, -0.1) is 10.2 Å². The molecule has 0 spiro atoms. The van der Waals surface area contributed by atoms with Gasteiger partial charge >= 0.3 is 0 Å². The summed E-state index contributed by atoms with van der Waals surface area (Å²) < 4.78 is 2.00. The summed E-state index contributed by atoms with van der Waals surface area (Å²) in [5.41, 5.74) is 3.47. The van der Waals surface area contributed by atoms with E-state index < -0.39 is 0 Å². The zero-order chi connectivity index (χ0) is 20.0. The van der Waals surface area contributed by atoms with Gasteiger partial charge in [0, 0.05) is 24.2 Å². The number of hydrogen-bond acceptors (Lipinski definition) is 4. The fourth-order valence-electron chi connectivity index (χ4n) is 4.15. The summed E-state index contributed by atoms with van der Waals surface area (Å²) in [5.74, 6) is 1.72. The molecule has 0 amide bonds. The van der Waals surface area contributed by atoms with Crippen LogP contribution in [0.4, 0.5) is 5.69 Å². The van der Waals surface area contributed by atoms with Crippen LogP contribution in [0.15, 0.2) is 30.5 Å². The molecule has 2 saturated carbocycles. The molecule has 7 heteroatoms. The van der Waals surface area contributed by atoms with Crippen molar-refractivity contribution in [3.63, 3.8) is 0 Å². The second-order valence-corrected chi connectivity index (χ2v) is 9.13. The topological polar surface area (TPSA) is 62.5 Å². The third-order valence-corrected chi connectivity index (χ3v) is 6.78. The third kappa shape index (κ3) is 3.96. The van der Waals surface area contributed by atoms with E-state index in [0.29, 0.717) is 21.7 Å². The minimum absolute atomic E-state index is 0.162. The lowest BCUT2D eigenvalue weighted by molar-refractivity contribution is 0.126. The summed E-state index contributed by atoms with van der Waals surface area (Å²) in [5, 5.41) is 23.1. The Kier molecular flexibility index (Phi) is 5.14. The average Bonchev–Trinajstić information content (AvgIpc) is 3.44. The first-order valence-electron chi connectivity index (χ1n) is 10.3. The van der Waals surface area contributed by atoms with Crippen molar-refractivity contribution in [2.24, 2.45) is 5.92 Å². The van der Waals surface area contributed by atoms with Crippen molar-refractivity contribution < 1.29 is 5.11 Å². The van der Waals surface area contributed by atoms with Gasteiger partial charge in [0.25, 0.3) is 0 Å². The first-order valence-corrected chi connectivity index (χ1v) is 11.1. The lowest BCUT2D eigenvalue weighted by atomic mass is 9.93. The molecular weight excluding hydrogens is 407 g/mol. The van der Waals surface area contributed by atoms with Crippen LogP contribution in [0.1, 0.15) is 44.3 Å². The summed E-state index contributed by atoms with van der Waals surface area (Å²) in [6, 6.07) is 8.34. The Labute approximate surface area is 180 Å². The van der Waals surface area contributed by atoms with Crippen LogP contribution in [0.2, 0.25) is 10.0 Å². The minimum Gasteiger partial charge on any atom is -0.393 e. The van der Waals surface area contributed by atoms with Crippen LogP contribution in [0, 0.1) is 5.92 Å². The average molecular weight is 431 g/mol. The van der Waals surface area contributed by atoms with Crippen molar-refractivity contribution in [2.75, 3.05) is 5.32 Å². The van der Waals surface area contributed by atoms with E-state index in [1.165, 1.54) is 12.8 Å². The van der Waals surface area contributed by atoms with Gasteiger partial charge in [-0.3, -0.25) is 4.40 Å². The van der Waals surface area contributed by atoms with E-state index in [9.17, 15) is 5.11 Å². The fourth-order valence-corrected chi connectivity index (χ4v) is 4.69. The normalized spacial score (nSPS) is 22.2. The number of fused-ring (bicyclic) bond motifs is 1. The monoisotopic (exact) mass is 430 g/mol. The first-order chi connectivity index (χ1) is 14.1. The van der Waals surface area contributed by atoms with E-state index in [1.807, 2.05) is 34.9 Å². The van der Waals surface area contributed by atoms with E-state index in [0.717, 1.165) is 60.7 Å². The molecule has 5 rings (SSSR count). The number of rotatable bonds is 5. The zero-order valence-corrected chi connectivity index (χ0v) is 17.6. The fraction of sp³-hybridized carbons (Fsp3) is 0.455. The number of benzene rings is 1. The molecule has 5 nitrogen and oxygen atoms in total. The first kappa shape index (κ1) is 19.2. The molecule has 1 aromatic carbocycles. The summed E-state index contributed by atoms with van der Waals surface area (Å²) in [7, 11) is 0. The number of aliphatic hydroxyl groups excluding tert-OH is 1. The number of pyridine rings is 1. The number of nitrogens with one attached hydrogen (secondary N) is 1. The Bertz CT molecular complexity index is 1040. The molecule has 0 bridgehead atoms. The highest BCUT2D eigenvalue weighted by Gasteiger charge is 2.25. The van der Waals surface area contributed by atoms with Crippen LogP contribution in [0.3, 0.4) is 0 Å². The SMILES string of the molecule is O[C@H]1CC[C@@H](Nc2ccc(-c3ccn4c(CC5CC5)nnc4c3Cl)cc2Cl)CC1. The molecular formula is C22H24Cl2N4O. The number of hydrogen-bond donors (Lipinski definition) is 2. The molecule has 2 aliphatic rings. The highest BCUT2D eigenvalue weighted by molar-refractivity contribution is 6.36. The number of halogens is 2. The van der Waals surface area contributed by atoms with Gasteiger partial charge in [-0.2, -0.15) is 0 Å². The molecule has 2 fully saturated rings.